The van der Waals surface area contributed by atoms with Gasteiger partial charge in [0.05, 0.1) is 10.2 Å². The van der Waals surface area contributed by atoms with E-state index in [-0.39, 0.29) is 5.13 Å². The zero-order valence-corrected chi connectivity index (χ0v) is 9.64. The lowest BCUT2D eigenvalue weighted by molar-refractivity contribution is -0.159. The van der Waals surface area contributed by atoms with Gasteiger partial charge in [-0.1, -0.05) is 23.5 Å². The summed E-state index contributed by atoms with van der Waals surface area (Å²) < 4.78 is 40.2. The lowest BCUT2D eigenvalue weighted by atomic mass is 10.3. The summed E-state index contributed by atoms with van der Waals surface area (Å²) in [4.78, 5) is 15.1. The number of hydrogen-bond donors (Lipinski definition) is 1. The van der Waals surface area contributed by atoms with Crippen molar-refractivity contribution in [2.75, 3.05) is 11.9 Å². The molecule has 8 heteroatoms. The SMILES string of the molecule is O=C(Nc1nc2ccccc2s1)OCC(F)(F)F. The first-order chi connectivity index (χ1) is 8.44. The fourth-order valence-corrected chi connectivity index (χ4v) is 2.05. The molecular weight excluding hydrogens is 269 g/mol. The summed E-state index contributed by atoms with van der Waals surface area (Å²) >= 11 is 1.15. The van der Waals surface area contributed by atoms with E-state index in [1.807, 2.05) is 0 Å². The van der Waals surface area contributed by atoms with Gasteiger partial charge >= 0.3 is 12.3 Å². The lowest BCUT2D eigenvalue weighted by Gasteiger charge is -2.07. The fourth-order valence-electron chi connectivity index (χ4n) is 1.20. The quantitative estimate of drug-likeness (QED) is 0.914. The number of benzene rings is 1. The molecule has 0 saturated heterocycles. The van der Waals surface area contributed by atoms with Gasteiger partial charge in [0, 0.05) is 0 Å². The highest BCUT2D eigenvalue weighted by Crippen LogP contribution is 2.25. The van der Waals surface area contributed by atoms with Crippen molar-refractivity contribution in [3.63, 3.8) is 0 Å². The number of carbonyl (C=O) groups is 1. The summed E-state index contributed by atoms with van der Waals surface area (Å²) in [5.74, 6) is 0. The number of nitrogens with zero attached hydrogens (tertiary/aromatic N) is 1. The molecule has 1 N–H and O–H groups in total. The Morgan fingerprint density at radius 3 is 2.78 bits per heavy atom. The third kappa shape index (κ3) is 3.33. The van der Waals surface area contributed by atoms with Crippen LogP contribution in [0.3, 0.4) is 0 Å². The first-order valence-corrected chi connectivity index (χ1v) is 5.62. The van der Waals surface area contributed by atoms with Crippen LogP contribution in [0.25, 0.3) is 10.2 Å². The average Bonchev–Trinajstić information content (AvgIpc) is 2.67. The van der Waals surface area contributed by atoms with E-state index in [4.69, 9.17) is 0 Å². The van der Waals surface area contributed by atoms with Crippen LogP contribution >= 0.6 is 11.3 Å². The Bertz CT molecular complexity index is 534. The van der Waals surface area contributed by atoms with E-state index in [0.29, 0.717) is 5.52 Å². The fraction of sp³-hybridized carbons (Fsp3) is 0.200. The van der Waals surface area contributed by atoms with E-state index in [9.17, 15) is 18.0 Å². The number of alkyl halides is 3. The molecule has 0 atom stereocenters. The molecular formula is C10H7F3N2O2S. The second-order valence-corrected chi connectivity index (χ2v) is 4.33. The van der Waals surface area contributed by atoms with Crippen LogP contribution in [-0.4, -0.2) is 23.9 Å². The Labute approximate surface area is 103 Å². The lowest BCUT2D eigenvalue weighted by Crippen LogP contribution is -2.23. The standard InChI is InChI=1S/C10H7F3N2O2S/c11-10(12,13)5-17-9(16)15-8-14-6-3-1-2-4-7(6)18-8/h1-4H,5H2,(H,14,15,16). The van der Waals surface area contributed by atoms with Crippen molar-refractivity contribution in [2.45, 2.75) is 6.18 Å². The van der Waals surface area contributed by atoms with Gasteiger partial charge in [0.2, 0.25) is 0 Å². The maximum Gasteiger partial charge on any atom is 0.422 e. The van der Waals surface area contributed by atoms with Gasteiger partial charge in [-0.3, -0.25) is 5.32 Å². The van der Waals surface area contributed by atoms with Crippen LogP contribution in [0.4, 0.5) is 23.1 Å². The Kier molecular flexibility index (Phi) is 3.37. The normalized spacial score (nSPS) is 11.5. The maximum atomic E-state index is 11.8. The van der Waals surface area contributed by atoms with Crippen LogP contribution in [0.5, 0.6) is 0 Å². The number of para-hydroxylation sites is 1. The van der Waals surface area contributed by atoms with Gasteiger partial charge in [-0.05, 0) is 12.1 Å². The largest absolute Gasteiger partial charge is 0.440 e. The van der Waals surface area contributed by atoms with Crippen LogP contribution in [0.1, 0.15) is 0 Å². The minimum absolute atomic E-state index is 0.198. The predicted octanol–water partition coefficient (Wildman–Crippen LogP) is 3.41. The number of rotatable bonds is 2. The van der Waals surface area contributed by atoms with E-state index in [1.165, 1.54) is 0 Å². The highest BCUT2D eigenvalue weighted by atomic mass is 32.1. The van der Waals surface area contributed by atoms with Crippen molar-refractivity contribution in [2.24, 2.45) is 0 Å². The van der Waals surface area contributed by atoms with Crippen molar-refractivity contribution in [3.05, 3.63) is 24.3 Å². The van der Waals surface area contributed by atoms with Crippen LogP contribution in [0, 0.1) is 0 Å². The average molecular weight is 276 g/mol. The predicted molar refractivity (Wildman–Crippen MR) is 60.6 cm³/mol. The highest BCUT2D eigenvalue weighted by Gasteiger charge is 2.29. The first-order valence-electron chi connectivity index (χ1n) is 4.80. The second-order valence-electron chi connectivity index (χ2n) is 3.30. The van der Waals surface area contributed by atoms with Gasteiger partial charge in [0.25, 0.3) is 0 Å². The van der Waals surface area contributed by atoms with Crippen LogP contribution in [0.2, 0.25) is 0 Å². The number of anilines is 1. The van der Waals surface area contributed by atoms with E-state index in [1.54, 1.807) is 24.3 Å². The monoisotopic (exact) mass is 276 g/mol. The number of aromatic nitrogens is 1. The molecule has 4 nitrogen and oxygen atoms in total. The number of ether oxygens (including phenoxy) is 1. The molecule has 1 aromatic heterocycles. The maximum absolute atomic E-state index is 11.8. The van der Waals surface area contributed by atoms with Crippen molar-refractivity contribution >= 4 is 32.8 Å². The van der Waals surface area contributed by atoms with Gasteiger partial charge in [-0.15, -0.1) is 0 Å². The number of thiazole rings is 1. The number of fused-ring (bicyclic) bond motifs is 1. The van der Waals surface area contributed by atoms with Crippen molar-refractivity contribution in [1.82, 2.24) is 4.98 Å². The number of hydrogen-bond acceptors (Lipinski definition) is 4. The van der Waals surface area contributed by atoms with E-state index in [0.717, 1.165) is 16.0 Å². The Morgan fingerprint density at radius 1 is 1.39 bits per heavy atom. The van der Waals surface area contributed by atoms with E-state index >= 15 is 0 Å². The zero-order valence-electron chi connectivity index (χ0n) is 8.82. The molecule has 1 heterocycles. The van der Waals surface area contributed by atoms with Crippen molar-refractivity contribution < 1.29 is 22.7 Å². The smallest absolute Gasteiger partial charge is 0.422 e. The number of amides is 1. The summed E-state index contributed by atoms with van der Waals surface area (Å²) in [6, 6.07) is 7.09. The third-order valence-electron chi connectivity index (χ3n) is 1.87. The Hall–Kier alpha value is -1.83. The molecule has 0 bridgehead atoms. The molecule has 0 unspecified atom stereocenters. The van der Waals surface area contributed by atoms with Gasteiger partial charge in [0.1, 0.15) is 0 Å². The summed E-state index contributed by atoms with van der Waals surface area (Å²) in [7, 11) is 0. The van der Waals surface area contributed by atoms with Crippen LogP contribution in [-0.2, 0) is 4.74 Å². The van der Waals surface area contributed by atoms with Gasteiger partial charge in [0.15, 0.2) is 11.7 Å². The molecule has 1 aromatic carbocycles. The molecule has 18 heavy (non-hydrogen) atoms. The molecule has 2 aromatic rings. The number of carbonyl (C=O) groups excluding carboxylic acids is 1. The zero-order chi connectivity index (χ0) is 13.2. The summed E-state index contributed by atoms with van der Waals surface area (Å²) in [6.45, 7) is -1.62. The van der Waals surface area contributed by atoms with Crippen molar-refractivity contribution in [3.8, 4) is 0 Å². The Morgan fingerprint density at radius 2 is 2.11 bits per heavy atom. The molecule has 0 radical (unpaired) electrons. The highest BCUT2D eigenvalue weighted by molar-refractivity contribution is 7.22. The molecule has 0 aliphatic rings. The molecule has 96 valence electrons. The van der Waals surface area contributed by atoms with Crippen LogP contribution < -0.4 is 5.32 Å². The molecule has 0 fully saturated rings. The number of halogens is 3. The van der Waals surface area contributed by atoms with Crippen molar-refractivity contribution in [1.29, 1.82) is 0 Å². The van der Waals surface area contributed by atoms with Gasteiger partial charge in [-0.25, -0.2) is 9.78 Å². The second kappa shape index (κ2) is 4.81. The first kappa shape index (κ1) is 12.6. The minimum Gasteiger partial charge on any atom is -0.440 e. The summed E-state index contributed by atoms with van der Waals surface area (Å²) in [5.41, 5.74) is 0.661. The molecule has 0 aliphatic heterocycles. The Balaban J connectivity index is 1.99. The molecule has 0 aliphatic carbocycles. The summed E-state index contributed by atoms with van der Waals surface area (Å²) in [5, 5.41) is 2.35. The molecule has 0 saturated carbocycles. The van der Waals surface area contributed by atoms with Gasteiger partial charge < -0.3 is 4.74 Å². The van der Waals surface area contributed by atoms with E-state index in [2.05, 4.69) is 15.0 Å². The minimum atomic E-state index is -4.54. The molecule has 0 spiro atoms. The summed E-state index contributed by atoms with van der Waals surface area (Å²) in [6.07, 6.45) is -5.71. The number of nitrogens with one attached hydrogen (secondary N) is 1. The van der Waals surface area contributed by atoms with E-state index < -0.39 is 18.9 Å². The van der Waals surface area contributed by atoms with Crippen LogP contribution in [0.15, 0.2) is 24.3 Å². The van der Waals surface area contributed by atoms with Gasteiger partial charge in [-0.2, -0.15) is 13.2 Å². The topological polar surface area (TPSA) is 51.2 Å². The molecule has 1 amide bonds. The molecule has 2 rings (SSSR count). The third-order valence-corrected chi connectivity index (χ3v) is 2.82.